The Morgan fingerprint density at radius 3 is 2.64 bits per heavy atom. The van der Waals surface area contributed by atoms with Crippen LogP contribution in [0.25, 0.3) is 0 Å². The number of amides is 2. The van der Waals surface area contributed by atoms with Gasteiger partial charge in [-0.05, 0) is 37.8 Å². The SMILES string of the molecule is CCCc1noc(CCCC(=O)N2CCC(C(=O)Nc3ccccc3)CC2)n1. The zero-order chi connectivity index (χ0) is 19.8. The van der Waals surface area contributed by atoms with E-state index >= 15 is 0 Å². The maximum Gasteiger partial charge on any atom is 0.227 e. The fourth-order valence-corrected chi connectivity index (χ4v) is 3.42. The third kappa shape index (κ3) is 5.65. The predicted octanol–water partition coefficient (Wildman–Crippen LogP) is 3.22. The summed E-state index contributed by atoms with van der Waals surface area (Å²) in [6, 6.07) is 9.48. The van der Waals surface area contributed by atoms with Gasteiger partial charge in [0.15, 0.2) is 5.82 Å². The molecule has 1 aromatic heterocycles. The Bertz CT molecular complexity index is 767. The van der Waals surface area contributed by atoms with Crippen molar-refractivity contribution in [1.29, 1.82) is 0 Å². The third-order valence-electron chi connectivity index (χ3n) is 5.02. The van der Waals surface area contributed by atoms with Crippen LogP contribution in [-0.2, 0) is 22.4 Å². The minimum absolute atomic E-state index is 0.0394. The zero-order valence-electron chi connectivity index (χ0n) is 16.4. The molecule has 7 nitrogen and oxygen atoms in total. The highest BCUT2D eigenvalue weighted by Gasteiger charge is 2.27. The number of aromatic nitrogens is 2. The number of nitrogens with one attached hydrogen (secondary N) is 1. The molecule has 1 aliphatic heterocycles. The van der Waals surface area contributed by atoms with Crippen molar-refractivity contribution in [3.05, 3.63) is 42.0 Å². The van der Waals surface area contributed by atoms with Crippen LogP contribution in [0, 0.1) is 5.92 Å². The second-order valence-electron chi connectivity index (χ2n) is 7.22. The van der Waals surface area contributed by atoms with Crippen molar-refractivity contribution >= 4 is 17.5 Å². The smallest absolute Gasteiger partial charge is 0.227 e. The van der Waals surface area contributed by atoms with Crippen LogP contribution in [0.4, 0.5) is 5.69 Å². The van der Waals surface area contributed by atoms with E-state index in [-0.39, 0.29) is 17.7 Å². The molecule has 1 fully saturated rings. The second-order valence-corrected chi connectivity index (χ2v) is 7.22. The van der Waals surface area contributed by atoms with Crippen molar-refractivity contribution in [2.45, 2.75) is 51.9 Å². The lowest BCUT2D eigenvalue weighted by molar-refractivity contribution is -0.134. The number of benzene rings is 1. The predicted molar refractivity (Wildman–Crippen MR) is 106 cm³/mol. The van der Waals surface area contributed by atoms with Crippen molar-refractivity contribution < 1.29 is 14.1 Å². The zero-order valence-corrected chi connectivity index (χ0v) is 16.4. The molecule has 0 radical (unpaired) electrons. The van der Waals surface area contributed by atoms with Crippen LogP contribution in [-0.4, -0.2) is 39.9 Å². The van der Waals surface area contributed by atoms with E-state index in [0.717, 1.165) is 24.4 Å². The van der Waals surface area contributed by atoms with Crippen molar-refractivity contribution in [3.8, 4) is 0 Å². The van der Waals surface area contributed by atoms with E-state index in [1.54, 1.807) is 0 Å². The van der Waals surface area contributed by atoms with Crippen molar-refractivity contribution in [2.24, 2.45) is 5.92 Å². The number of aryl methyl sites for hydroxylation is 2. The average molecular weight is 384 g/mol. The van der Waals surface area contributed by atoms with Gasteiger partial charge in [0.25, 0.3) is 0 Å². The molecule has 2 heterocycles. The summed E-state index contributed by atoms with van der Waals surface area (Å²) in [7, 11) is 0. The molecule has 150 valence electrons. The van der Waals surface area contributed by atoms with Crippen molar-refractivity contribution in [2.75, 3.05) is 18.4 Å². The lowest BCUT2D eigenvalue weighted by atomic mass is 9.95. The summed E-state index contributed by atoms with van der Waals surface area (Å²) in [5.74, 6) is 1.47. The normalized spacial score (nSPS) is 14.8. The van der Waals surface area contributed by atoms with E-state index in [4.69, 9.17) is 4.52 Å². The van der Waals surface area contributed by atoms with Crippen molar-refractivity contribution in [1.82, 2.24) is 15.0 Å². The maximum atomic E-state index is 12.4. The first-order chi connectivity index (χ1) is 13.7. The Labute approximate surface area is 165 Å². The highest BCUT2D eigenvalue weighted by Crippen LogP contribution is 2.20. The highest BCUT2D eigenvalue weighted by molar-refractivity contribution is 5.92. The number of hydrogen-bond donors (Lipinski definition) is 1. The van der Waals surface area contributed by atoms with Gasteiger partial charge in [0.2, 0.25) is 17.7 Å². The summed E-state index contributed by atoms with van der Waals surface area (Å²) in [5.41, 5.74) is 0.814. The molecule has 1 N–H and O–H groups in total. The van der Waals surface area contributed by atoms with E-state index in [9.17, 15) is 9.59 Å². The first kappa shape index (κ1) is 20.0. The average Bonchev–Trinajstić information content (AvgIpc) is 3.16. The van der Waals surface area contributed by atoms with E-state index in [0.29, 0.717) is 51.1 Å². The van der Waals surface area contributed by atoms with Crippen LogP contribution in [0.5, 0.6) is 0 Å². The first-order valence-electron chi connectivity index (χ1n) is 10.1. The number of carbonyl (C=O) groups is 2. The van der Waals surface area contributed by atoms with E-state index in [1.165, 1.54) is 0 Å². The van der Waals surface area contributed by atoms with Crippen molar-refractivity contribution in [3.63, 3.8) is 0 Å². The molecule has 0 unspecified atom stereocenters. The van der Waals surface area contributed by atoms with Gasteiger partial charge < -0.3 is 14.7 Å². The Morgan fingerprint density at radius 2 is 1.93 bits per heavy atom. The fraction of sp³-hybridized carbons (Fsp3) is 0.524. The van der Waals surface area contributed by atoms with Gasteiger partial charge in [-0.1, -0.05) is 30.3 Å². The number of piperidine rings is 1. The summed E-state index contributed by atoms with van der Waals surface area (Å²) in [5, 5.41) is 6.88. The quantitative estimate of drug-likeness (QED) is 0.755. The first-order valence-corrected chi connectivity index (χ1v) is 10.1. The Hall–Kier alpha value is -2.70. The second kappa shape index (κ2) is 10.0. The molecule has 3 rings (SSSR count). The van der Waals surface area contributed by atoms with Gasteiger partial charge in [0.1, 0.15) is 0 Å². The molecule has 1 aromatic carbocycles. The summed E-state index contributed by atoms with van der Waals surface area (Å²) >= 11 is 0. The molecular formula is C21H28N4O3. The molecule has 0 aliphatic carbocycles. The van der Waals surface area contributed by atoms with Gasteiger partial charge in [0, 0.05) is 44.0 Å². The Kier molecular flexibility index (Phi) is 7.17. The molecule has 7 heteroatoms. The molecule has 0 bridgehead atoms. The summed E-state index contributed by atoms with van der Waals surface area (Å²) in [6.45, 7) is 3.34. The largest absolute Gasteiger partial charge is 0.343 e. The summed E-state index contributed by atoms with van der Waals surface area (Å²) in [6.07, 6.45) is 4.99. The molecule has 2 aromatic rings. The molecule has 2 amide bonds. The molecule has 1 aliphatic rings. The minimum atomic E-state index is -0.0420. The highest BCUT2D eigenvalue weighted by atomic mass is 16.5. The molecule has 0 saturated carbocycles. The van der Waals surface area contributed by atoms with Crippen LogP contribution in [0.2, 0.25) is 0 Å². The number of likely N-dealkylation sites (tertiary alicyclic amines) is 1. The topological polar surface area (TPSA) is 88.3 Å². The third-order valence-corrected chi connectivity index (χ3v) is 5.02. The molecule has 28 heavy (non-hydrogen) atoms. The molecule has 0 atom stereocenters. The summed E-state index contributed by atoms with van der Waals surface area (Å²) < 4.78 is 5.20. The lowest BCUT2D eigenvalue weighted by Crippen LogP contribution is -2.41. The van der Waals surface area contributed by atoms with Gasteiger partial charge >= 0.3 is 0 Å². The number of rotatable bonds is 8. The molecule has 1 saturated heterocycles. The number of anilines is 1. The number of nitrogens with zero attached hydrogens (tertiary/aromatic N) is 3. The van der Waals surface area contributed by atoms with Crippen LogP contribution in [0.1, 0.15) is 50.7 Å². The van der Waals surface area contributed by atoms with Gasteiger partial charge in [0.05, 0.1) is 0 Å². The van der Waals surface area contributed by atoms with E-state index in [1.807, 2.05) is 35.2 Å². The molecule has 0 spiro atoms. The van der Waals surface area contributed by atoms with Crippen LogP contribution >= 0.6 is 0 Å². The van der Waals surface area contributed by atoms with Gasteiger partial charge in [-0.25, -0.2) is 0 Å². The van der Waals surface area contributed by atoms with Crippen LogP contribution < -0.4 is 5.32 Å². The lowest BCUT2D eigenvalue weighted by Gasteiger charge is -2.31. The van der Waals surface area contributed by atoms with Crippen LogP contribution in [0.15, 0.2) is 34.9 Å². The molecular weight excluding hydrogens is 356 g/mol. The Balaban J connectivity index is 1.36. The van der Waals surface area contributed by atoms with Crippen LogP contribution in [0.3, 0.4) is 0 Å². The maximum absolute atomic E-state index is 12.4. The minimum Gasteiger partial charge on any atom is -0.343 e. The number of para-hydroxylation sites is 1. The standard InChI is InChI=1S/C21H28N4O3/c1-2-7-18-23-19(28-24-18)10-6-11-20(26)25-14-12-16(13-15-25)21(27)22-17-8-4-3-5-9-17/h3-5,8-9,16H,2,6-7,10-15H2,1H3,(H,22,27). The van der Waals surface area contributed by atoms with Gasteiger partial charge in [-0.15, -0.1) is 0 Å². The van der Waals surface area contributed by atoms with Gasteiger partial charge in [-0.3, -0.25) is 9.59 Å². The number of carbonyl (C=O) groups excluding carboxylic acids is 2. The van der Waals surface area contributed by atoms with E-state index < -0.39 is 0 Å². The fourth-order valence-electron chi connectivity index (χ4n) is 3.42. The van der Waals surface area contributed by atoms with E-state index in [2.05, 4.69) is 22.4 Å². The number of hydrogen-bond acceptors (Lipinski definition) is 5. The monoisotopic (exact) mass is 384 g/mol. The Morgan fingerprint density at radius 1 is 1.18 bits per heavy atom. The summed E-state index contributed by atoms with van der Waals surface area (Å²) in [4.78, 5) is 31.0. The van der Waals surface area contributed by atoms with Gasteiger partial charge in [-0.2, -0.15) is 4.98 Å².